The Hall–Kier alpha value is -2.04. The van der Waals surface area contributed by atoms with Gasteiger partial charge in [0, 0.05) is 12.2 Å². The number of carbonyl (C=O) groups excluding carboxylic acids is 2. The minimum atomic E-state index is -0.811. The van der Waals surface area contributed by atoms with Crippen molar-refractivity contribution in [3.05, 3.63) is 29.8 Å². The fourth-order valence-corrected chi connectivity index (χ4v) is 2.13. The van der Waals surface area contributed by atoms with E-state index in [-0.39, 0.29) is 5.91 Å². The van der Waals surface area contributed by atoms with Crippen LogP contribution in [0.3, 0.4) is 0 Å². The quantitative estimate of drug-likeness (QED) is 0.786. The van der Waals surface area contributed by atoms with Gasteiger partial charge in [-0.15, -0.1) is 0 Å². The summed E-state index contributed by atoms with van der Waals surface area (Å²) in [5, 5.41) is 2.11. The van der Waals surface area contributed by atoms with Gasteiger partial charge in [0.25, 0.3) is 0 Å². The summed E-state index contributed by atoms with van der Waals surface area (Å²) in [6, 6.07) is 6.75. The number of urea groups is 1. The van der Waals surface area contributed by atoms with Gasteiger partial charge < -0.3 is 10.6 Å². The summed E-state index contributed by atoms with van der Waals surface area (Å²) in [7, 11) is 0. The van der Waals surface area contributed by atoms with E-state index in [4.69, 9.17) is 5.73 Å². The fourth-order valence-electron chi connectivity index (χ4n) is 2.13. The molecule has 1 heterocycles. The first-order chi connectivity index (χ1) is 8.09. The Balaban J connectivity index is 2.15. The number of amides is 3. The first-order valence-electron chi connectivity index (χ1n) is 5.54. The zero-order chi connectivity index (χ0) is 12.4. The Kier molecular flexibility index (Phi) is 2.99. The van der Waals surface area contributed by atoms with Crippen LogP contribution in [0.2, 0.25) is 0 Å². The molecule has 0 saturated heterocycles. The third-order valence-electron chi connectivity index (χ3n) is 3.02. The second-order valence-corrected chi connectivity index (χ2v) is 4.10. The normalized spacial score (nSPS) is 15.2. The van der Waals surface area contributed by atoms with Crippen molar-refractivity contribution in [2.24, 2.45) is 5.73 Å². The molecule has 5 heteroatoms. The molecule has 3 N–H and O–H groups in total. The average Bonchev–Trinajstić information content (AvgIpc) is 2.70. The molecule has 0 spiro atoms. The molecule has 17 heavy (non-hydrogen) atoms. The van der Waals surface area contributed by atoms with Gasteiger partial charge >= 0.3 is 6.03 Å². The highest BCUT2D eigenvalue weighted by Gasteiger charge is 2.27. The molecule has 1 aliphatic heterocycles. The van der Waals surface area contributed by atoms with E-state index in [1.54, 1.807) is 6.92 Å². The number of imide groups is 1. The van der Waals surface area contributed by atoms with Gasteiger partial charge in [0.15, 0.2) is 0 Å². The second-order valence-electron chi connectivity index (χ2n) is 4.10. The summed E-state index contributed by atoms with van der Waals surface area (Å²) < 4.78 is 0. The monoisotopic (exact) mass is 233 g/mol. The Morgan fingerprint density at radius 1 is 1.41 bits per heavy atom. The van der Waals surface area contributed by atoms with Crippen LogP contribution in [0.1, 0.15) is 12.5 Å². The lowest BCUT2D eigenvalue weighted by Crippen LogP contribution is -2.48. The zero-order valence-electron chi connectivity index (χ0n) is 9.64. The molecule has 1 aromatic rings. The van der Waals surface area contributed by atoms with Gasteiger partial charge in [0.2, 0.25) is 5.91 Å². The molecule has 1 unspecified atom stereocenters. The number of nitrogens with zero attached hydrogens (tertiary/aromatic N) is 1. The van der Waals surface area contributed by atoms with E-state index in [2.05, 4.69) is 5.32 Å². The fraction of sp³-hybridized carbons (Fsp3) is 0.333. The lowest BCUT2D eigenvalue weighted by atomic mass is 10.2. The number of hydrogen-bond acceptors (Lipinski definition) is 3. The number of primary amides is 1. The summed E-state index contributed by atoms with van der Waals surface area (Å²) in [5.41, 5.74) is 7.22. The summed E-state index contributed by atoms with van der Waals surface area (Å²) in [4.78, 5) is 24.3. The Bertz CT molecular complexity index is 459. The van der Waals surface area contributed by atoms with Gasteiger partial charge in [0.1, 0.15) is 6.04 Å². The number of nitrogens with one attached hydrogen (secondary N) is 1. The standard InChI is InChI=1S/C12H15N3O2/c1-8(11(16)14-12(13)17)15-7-6-9-4-2-3-5-10(9)15/h2-5,8H,6-7H2,1H3,(H3,13,14,16,17). The minimum absolute atomic E-state index is 0.366. The minimum Gasteiger partial charge on any atom is -0.359 e. The van der Waals surface area contributed by atoms with Gasteiger partial charge in [0.05, 0.1) is 0 Å². The molecule has 5 nitrogen and oxygen atoms in total. The number of benzene rings is 1. The number of hydrogen-bond donors (Lipinski definition) is 2. The second kappa shape index (κ2) is 4.45. The maximum atomic E-state index is 11.7. The Morgan fingerprint density at radius 3 is 2.82 bits per heavy atom. The van der Waals surface area contributed by atoms with Crippen molar-refractivity contribution in [1.29, 1.82) is 0 Å². The molecule has 1 atom stereocenters. The van der Waals surface area contributed by atoms with Crippen LogP contribution in [-0.2, 0) is 11.2 Å². The van der Waals surface area contributed by atoms with Crippen LogP contribution in [0.5, 0.6) is 0 Å². The Labute approximate surface area is 99.6 Å². The summed E-state index contributed by atoms with van der Waals surface area (Å²) in [5.74, 6) is -0.366. The molecule has 0 radical (unpaired) electrons. The molecule has 0 fully saturated rings. The number of fused-ring (bicyclic) bond motifs is 1. The van der Waals surface area contributed by atoms with Gasteiger partial charge in [-0.05, 0) is 25.0 Å². The molecule has 0 saturated carbocycles. The maximum Gasteiger partial charge on any atom is 0.318 e. The van der Waals surface area contributed by atoms with E-state index in [9.17, 15) is 9.59 Å². The van der Waals surface area contributed by atoms with Crippen molar-refractivity contribution in [2.75, 3.05) is 11.4 Å². The van der Waals surface area contributed by atoms with Crippen molar-refractivity contribution in [3.63, 3.8) is 0 Å². The van der Waals surface area contributed by atoms with Gasteiger partial charge in [-0.25, -0.2) is 4.79 Å². The third-order valence-corrected chi connectivity index (χ3v) is 3.02. The number of rotatable bonds is 2. The molecule has 0 aliphatic carbocycles. The van der Waals surface area contributed by atoms with Crippen molar-refractivity contribution in [3.8, 4) is 0 Å². The molecule has 0 bridgehead atoms. The molecule has 2 rings (SSSR count). The van der Waals surface area contributed by atoms with Crippen molar-refractivity contribution < 1.29 is 9.59 Å². The molecular formula is C12H15N3O2. The maximum absolute atomic E-state index is 11.7. The van der Waals surface area contributed by atoms with E-state index in [1.165, 1.54) is 5.56 Å². The predicted octanol–water partition coefficient (Wildman–Crippen LogP) is 0.632. The first-order valence-corrected chi connectivity index (χ1v) is 5.54. The Morgan fingerprint density at radius 2 is 2.12 bits per heavy atom. The molecule has 0 aromatic heterocycles. The summed E-state index contributed by atoms with van der Waals surface area (Å²) in [6.07, 6.45) is 0.921. The van der Waals surface area contributed by atoms with Crippen molar-refractivity contribution >= 4 is 17.6 Å². The molecule has 90 valence electrons. The zero-order valence-corrected chi connectivity index (χ0v) is 9.64. The average molecular weight is 233 g/mol. The van der Waals surface area contributed by atoms with Crippen molar-refractivity contribution in [1.82, 2.24) is 5.32 Å². The van der Waals surface area contributed by atoms with Crippen LogP contribution in [0.15, 0.2) is 24.3 Å². The first kappa shape index (κ1) is 11.4. The number of carbonyl (C=O) groups is 2. The van der Waals surface area contributed by atoms with Crippen LogP contribution in [0.25, 0.3) is 0 Å². The predicted molar refractivity (Wildman–Crippen MR) is 64.7 cm³/mol. The van der Waals surface area contributed by atoms with Gasteiger partial charge in [-0.3, -0.25) is 10.1 Å². The highest BCUT2D eigenvalue weighted by atomic mass is 16.2. The highest BCUT2D eigenvalue weighted by molar-refractivity contribution is 5.97. The van der Waals surface area contributed by atoms with Crippen LogP contribution in [0, 0.1) is 0 Å². The van der Waals surface area contributed by atoms with E-state index in [0.29, 0.717) is 0 Å². The van der Waals surface area contributed by atoms with E-state index in [0.717, 1.165) is 18.7 Å². The van der Waals surface area contributed by atoms with Crippen molar-refractivity contribution in [2.45, 2.75) is 19.4 Å². The lowest BCUT2D eigenvalue weighted by Gasteiger charge is -2.25. The molecule has 3 amide bonds. The molecular weight excluding hydrogens is 218 g/mol. The van der Waals surface area contributed by atoms with E-state index < -0.39 is 12.1 Å². The van der Waals surface area contributed by atoms with Gasteiger partial charge in [-0.1, -0.05) is 18.2 Å². The third kappa shape index (κ3) is 2.22. The van der Waals surface area contributed by atoms with Crippen LogP contribution in [-0.4, -0.2) is 24.5 Å². The number of nitrogens with two attached hydrogens (primary N) is 1. The van der Waals surface area contributed by atoms with Crippen LogP contribution < -0.4 is 16.0 Å². The van der Waals surface area contributed by atoms with Crippen LogP contribution in [0.4, 0.5) is 10.5 Å². The topological polar surface area (TPSA) is 75.4 Å². The summed E-state index contributed by atoms with van der Waals surface area (Å²) >= 11 is 0. The van der Waals surface area contributed by atoms with E-state index >= 15 is 0 Å². The summed E-state index contributed by atoms with van der Waals surface area (Å²) in [6.45, 7) is 2.55. The SMILES string of the molecule is CC(C(=O)NC(N)=O)N1CCc2ccccc21. The number of para-hydroxylation sites is 1. The smallest absolute Gasteiger partial charge is 0.318 e. The largest absolute Gasteiger partial charge is 0.359 e. The van der Waals surface area contributed by atoms with Gasteiger partial charge in [-0.2, -0.15) is 0 Å². The lowest BCUT2D eigenvalue weighted by molar-refractivity contribution is -0.120. The molecule has 1 aliphatic rings. The molecule has 1 aromatic carbocycles. The van der Waals surface area contributed by atoms with Crippen LogP contribution >= 0.6 is 0 Å². The van der Waals surface area contributed by atoms with E-state index in [1.807, 2.05) is 29.2 Å². The highest BCUT2D eigenvalue weighted by Crippen LogP contribution is 2.28. The number of anilines is 1.